The number of aromatic nitrogens is 2. The summed E-state index contributed by atoms with van der Waals surface area (Å²) >= 11 is 1.62. The number of carbonyl (C=O) groups is 1. The number of nitrogens with zero attached hydrogens (tertiary/aromatic N) is 3. The Hall–Kier alpha value is -2.14. The number of likely N-dealkylation sites (N-methyl/N-ethyl adjacent to an activating group) is 1. The number of amides is 1. The molecule has 0 radical (unpaired) electrons. The lowest BCUT2D eigenvalue weighted by molar-refractivity contribution is -0.130. The van der Waals surface area contributed by atoms with Crippen molar-refractivity contribution in [2.45, 2.75) is 19.9 Å². The molecule has 0 atom stereocenters. The highest BCUT2D eigenvalue weighted by molar-refractivity contribution is 7.10. The fraction of sp³-hybridized carbons (Fsp3) is 0.250. The van der Waals surface area contributed by atoms with Crippen LogP contribution in [0.1, 0.15) is 17.5 Å². The van der Waals surface area contributed by atoms with Crippen LogP contribution in [0.3, 0.4) is 0 Å². The lowest BCUT2D eigenvalue weighted by atomic mass is 10.3. The Kier molecular flexibility index (Phi) is 4.01. The van der Waals surface area contributed by atoms with Crippen molar-refractivity contribution < 1.29 is 4.79 Å². The van der Waals surface area contributed by atoms with E-state index in [0.29, 0.717) is 19.5 Å². The molecule has 0 aliphatic heterocycles. The normalized spacial score (nSPS) is 10.9. The number of rotatable bonds is 5. The molecule has 3 rings (SSSR count). The van der Waals surface area contributed by atoms with Gasteiger partial charge in [0.15, 0.2) is 0 Å². The van der Waals surface area contributed by atoms with Crippen molar-refractivity contribution in [3.05, 3.63) is 58.7 Å². The summed E-state index contributed by atoms with van der Waals surface area (Å²) in [6.07, 6.45) is 4.30. The fourth-order valence-corrected chi connectivity index (χ4v) is 3.04. The molecule has 0 N–H and O–H groups in total. The van der Waals surface area contributed by atoms with Gasteiger partial charge in [0.05, 0.1) is 24.9 Å². The summed E-state index contributed by atoms with van der Waals surface area (Å²) in [5.41, 5.74) is 1.95. The summed E-state index contributed by atoms with van der Waals surface area (Å²) in [6.45, 7) is 3.30. The van der Waals surface area contributed by atoms with Gasteiger partial charge in [0.2, 0.25) is 5.91 Å². The molecule has 3 heterocycles. The van der Waals surface area contributed by atoms with Crippen LogP contribution in [0.25, 0.3) is 5.65 Å². The van der Waals surface area contributed by atoms with E-state index < -0.39 is 0 Å². The van der Waals surface area contributed by atoms with Gasteiger partial charge in [-0.25, -0.2) is 4.98 Å². The average Bonchev–Trinajstić information content (AvgIpc) is 3.14. The van der Waals surface area contributed by atoms with Gasteiger partial charge in [-0.1, -0.05) is 12.1 Å². The van der Waals surface area contributed by atoms with Crippen molar-refractivity contribution in [2.24, 2.45) is 0 Å². The van der Waals surface area contributed by atoms with Crippen LogP contribution in [-0.4, -0.2) is 26.7 Å². The molecule has 4 nitrogen and oxygen atoms in total. The molecule has 0 spiro atoms. The van der Waals surface area contributed by atoms with E-state index in [4.69, 9.17) is 0 Å². The minimum atomic E-state index is 0.158. The van der Waals surface area contributed by atoms with Crippen LogP contribution in [0.2, 0.25) is 0 Å². The topological polar surface area (TPSA) is 37.6 Å². The third-order valence-electron chi connectivity index (χ3n) is 3.49. The predicted molar refractivity (Wildman–Crippen MR) is 84.3 cm³/mol. The van der Waals surface area contributed by atoms with E-state index in [1.165, 1.54) is 0 Å². The first-order chi connectivity index (χ1) is 10.3. The molecule has 108 valence electrons. The largest absolute Gasteiger partial charge is 0.337 e. The number of hydrogen-bond donors (Lipinski definition) is 0. The summed E-state index contributed by atoms with van der Waals surface area (Å²) in [7, 11) is 0. The molecule has 0 aliphatic carbocycles. The minimum Gasteiger partial charge on any atom is -0.337 e. The zero-order valence-electron chi connectivity index (χ0n) is 11.9. The van der Waals surface area contributed by atoms with Crippen LogP contribution >= 0.6 is 11.3 Å². The number of carbonyl (C=O) groups excluding carboxylic acids is 1. The first-order valence-corrected chi connectivity index (χ1v) is 7.87. The van der Waals surface area contributed by atoms with E-state index in [-0.39, 0.29) is 5.91 Å². The Bertz CT molecular complexity index is 733. The zero-order valence-corrected chi connectivity index (χ0v) is 12.7. The summed E-state index contributed by atoms with van der Waals surface area (Å²) in [5.74, 6) is 0.158. The van der Waals surface area contributed by atoms with Crippen LogP contribution in [0.5, 0.6) is 0 Å². The highest BCUT2D eigenvalue weighted by Crippen LogP contribution is 2.13. The van der Waals surface area contributed by atoms with E-state index >= 15 is 0 Å². The monoisotopic (exact) mass is 299 g/mol. The average molecular weight is 299 g/mol. The standard InChI is InChI=1S/C16H17N3OS/c1-2-18(16(20)10-14-6-5-9-21-14)12-13-11-17-15-7-3-4-8-19(13)15/h3-9,11H,2,10,12H2,1H3. The van der Waals surface area contributed by atoms with Gasteiger partial charge in [-0.15, -0.1) is 11.3 Å². The van der Waals surface area contributed by atoms with Crippen molar-refractivity contribution in [3.63, 3.8) is 0 Å². The minimum absolute atomic E-state index is 0.158. The molecule has 0 saturated carbocycles. The second-order valence-corrected chi connectivity index (χ2v) is 5.87. The molecular formula is C16H17N3OS. The number of thiophene rings is 1. The molecule has 3 aromatic heterocycles. The maximum atomic E-state index is 12.4. The molecule has 0 saturated heterocycles. The maximum absolute atomic E-state index is 12.4. The number of imidazole rings is 1. The van der Waals surface area contributed by atoms with Crippen LogP contribution in [0.4, 0.5) is 0 Å². The van der Waals surface area contributed by atoms with Crippen molar-refractivity contribution in [1.29, 1.82) is 0 Å². The van der Waals surface area contributed by atoms with Gasteiger partial charge in [-0.2, -0.15) is 0 Å². The molecule has 0 fully saturated rings. The third-order valence-corrected chi connectivity index (χ3v) is 4.36. The maximum Gasteiger partial charge on any atom is 0.228 e. The van der Waals surface area contributed by atoms with Crippen LogP contribution in [0.15, 0.2) is 48.1 Å². The molecule has 21 heavy (non-hydrogen) atoms. The summed E-state index contributed by atoms with van der Waals surface area (Å²) in [6, 6.07) is 9.89. The van der Waals surface area contributed by atoms with Gasteiger partial charge in [-0.05, 0) is 30.5 Å². The Morgan fingerprint density at radius 2 is 2.24 bits per heavy atom. The lowest BCUT2D eigenvalue weighted by Gasteiger charge is -2.20. The Morgan fingerprint density at radius 3 is 3.00 bits per heavy atom. The van der Waals surface area contributed by atoms with Gasteiger partial charge < -0.3 is 9.30 Å². The van der Waals surface area contributed by atoms with Gasteiger partial charge in [-0.3, -0.25) is 4.79 Å². The predicted octanol–water partition coefficient (Wildman–Crippen LogP) is 2.99. The first-order valence-electron chi connectivity index (χ1n) is 6.99. The summed E-state index contributed by atoms with van der Waals surface area (Å²) < 4.78 is 2.03. The highest BCUT2D eigenvalue weighted by Gasteiger charge is 2.15. The van der Waals surface area contributed by atoms with E-state index in [9.17, 15) is 4.79 Å². The number of pyridine rings is 1. The van der Waals surface area contributed by atoms with E-state index in [2.05, 4.69) is 4.98 Å². The van der Waals surface area contributed by atoms with E-state index in [1.54, 1.807) is 11.3 Å². The van der Waals surface area contributed by atoms with E-state index in [1.807, 2.05) is 64.3 Å². The van der Waals surface area contributed by atoms with Gasteiger partial charge in [0.25, 0.3) is 0 Å². The van der Waals surface area contributed by atoms with Crippen molar-refractivity contribution >= 4 is 22.9 Å². The summed E-state index contributed by atoms with van der Waals surface area (Å²) in [4.78, 5) is 19.8. The second kappa shape index (κ2) is 6.10. The van der Waals surface area contributed by atoms with Gasteiger partial charge in [0, 0.05) is 17.6 Å². The highest BCUT2D eigenvalue weighted by atomic mass is 32.1. The molecule has 3 aromatic rings. The Morgan fingerprint density at radius 1 is 1.33 bits per heavy atom. The van der Waals surface area contributed by atoms with Crippen molar-refractivity contribution in [3.8, 4) is 0 Å². The number of hydrogen-bond acceptors (Lipinski definition) is 3. The van der Waals surface area contributed by atoms with Crippen LogP contribution in [0, 0.1) is 0 Å². The molecular weight excluding hydrogens is 282 g/mol. The Balaban J connectivity index is 1.76. The van der Waals surface area contributed by atoms with Crippen LogP contribution in [-0.2, 0) is 17.8 Å². The molecule has 5 heteroatoms. The summed E-state index contributed by atoms with van der Waals surface area (Å²) in [5, 5.41) is 2.00. The van der Waals surface area contributed by atoms with Crippen molar-refractivity contribution in [1.82, 2.24) is 14.3 Å². The van der Waals surface area contributed by atoms with Gasteiger partial charge in [0.1, 0.15) is 5.65 Å². The quantitative estimate of drug-likeness (QED) is 0.726. The second-order valence-electron chi connectivity index (χ2n) is 4.84. The van der Waals surface area contributed by atoms with E-state index in [0.717, 1.165) is 16.2 Å². The van der Waals surface area contributed by atoms with Crippen LogP contribution < -0.4 is 0 Å². The SMILES string of the molecule is CCN(Cc1cnc2ccccn12)C(=O)Cc1cccs1. The lowest BCUT2D eigenvalue weighted by Crippen LogP contribution is -2.31. The molecule has 0 aromatic carbocycles. The molecule has 0 unspecified atom stereocenters. The van der Waals surface area contributed by atoms with Crippen molar-refractivity contribution in [2.75, 3.05) is 6.54 Å². The fourth-order valence-electron chi connectivity index (χ4n) is 2.35. The number of fused-ring (bicyclic) bond motifs is 1. The van der Waals surface area contributed by atoms with Gasteiger partial charge >= 0.3 is 0 Å². The molecule has 1 amide bonds. The molecule has 0 bridgehead atoms. The molecule has 0 aliphatic rings. The Labute approximate surface area is 127 Å². The zero-order chi connectivity index (χ0) is 14.7. The smallest absolute Gasteiger partial charge is 0.228 e. The first kappa shape index (κ1) is 13.8. The third kappa shape index (κ3) is 2.97.